The molecule has 0 aliphatic carbocycles. The van der Waals surface area contributed by atoms with Gasteiger partial charge in [0.15, 0.2) is 0 Å². The molecule has 0 aliphatic rings. The van der Waals surface area contributed by atoms with E-state index in [9.17, 15) is 4.79 Å². The van der Waals surface area contributed by atoms with Gasteiger partial charge >= 0.3 is 5.97 Å². The molecule has 1 aromatic carbocycles. The van der Waals surface area contributed by atoms with E-state index in [0.29, 0.717) is 5.56 Å². The SMILES string of the molecule is COC(=O)C(OC)(OC)c1ccccc1. The summed E-state index contributed by atoms with van der Waals surface area (Å²) in [5, 5.41) is 0. The van der Waals surface area contributed by atoms with Gasteiger partial charge in [0.2, 0.25) is 0 Å². The first-order chi connectivity index (χ1) is 7.21. The Morgan fingerprint density at radius 2 is 1.60 bits per heavy atom. The number of esters is 1. The van der Waals surface area contributed by atoms with Gasteiger partial charge in [-0.1, -0.05) is 30.3 Å². The second-order valence-electron chi connectivity index (χ2n) is 2.88. The molecule has 0 spiro atoms. The summed E-state index contributed by atoms with van der Waals surface area (Å²) >= 11 is 0. The number of carbonyl (C=O) groups excluding carboxylic acids is 1. The van der Waals surface area contributed by atoms with Crippen LogP contribution in [0.3, 0.4) is 0 Å². The molecular weight excluding hydrogens is 196 g/mol. The fourth-order valence-electron chi connectivity index (χ4n) is 1.40. The second kappa shape index (κ2) is 4.91. The zero-order valence-corrected chi connectivity index (χ0v) is 9.02. The molecule has 0 radical (unpaired) electrons. The summed E-state index contributed by atoms with van der Waals surface area (Å²) in [6.07, 6.45) is 0. The molecule has 0 saturated heterocycles. The third kappa shape index (κ3) is 2.00. The minimum atomic E-state index is -1.48. The van der Waals surface area contributed by atoms with Gasteiger partial charge in [0.05, 0.1) is 7.11 Å². The lowest BCUT2D eigenvalue weighted by Crippen LogP contribution is -2.40. The van der Waals surface area contributed by atoms with Crippen LogP contribution in [0.2, 0.25) is 0 Å². The molecular formula is C11H14O4. The number of hydrogen-bond acceptors (Lipinski definition) is 4. The normalized spacial score (nSPS) is 11.1. The summed E-state index contributed by atoms with van der Waals surface area (Å²) in [7, 11) is 4.08. The fraction of sp³-hybridized carbons (Fsp3) is 0.364. The van der Waals surface area contributed by atoms with Crippen molar-refractivity contribution in [2.45, 2.75) is 5.79 Å². The van der Waals surface area contributed by atoms with E-state index in [4.69, 9.17) is 9.47 Å². The first-order valence-electron chi connectivity index (χ1n) is 4.45. The van der Waals surface area contributed by atoms with Crippen LogP contribution in [-0.2, 0) is 24.8 Å². The Bertz CT molecular complexity index is 317. The third-order valence-corrected chi connectivity index (χ3v) is 2.18. The summed E-state index contributed by atoms with van der Waals surface area (Å²) < 4.78 is 14.9. The van der Waals surface area contributed by atoms with Crippen LogP contribution < -0.4 is 0 Å². The van der Waals surface area contributed by atoms with Gasteiger partial charge in [0.25, 0.3) is 5.79 Å². The molecule has 0 N–H and O–H groups in total. The molecule has 15 heavy (non-hydrogen) atoms. The summed E-state index contributed by atoms with van der Waals surface area (Å²) in [5.74, 6) is -2.06. The number of carbonyl (C=O) groups is 1. The lowest BCUT2D eigenvalue weighted by atomic mass is 10.1. The predicted octanol–water partition coefficient (Wildman–Crippen LogP) is 1.31. The van der Waals surface area contributed by atoms with E-state index < -0.39 is 11.8 Å². The van der Waals surface area contributed by atoms with Crippen molar-refractivity contribution in [1.29, 1.82) is 0 Å². The minimum absolute atomic E-state index is 0.585. The molecule has 4 nitrogen and oxygen atoms in total. The molecule has 0 bridgehead atoms. The molecule has 0 heterocycles. The molecule has 0 saturated carbocycles. The maximum atomic E-state index is 11.6. The van der Waals surface area contributed by atoms with Crippen molar-refractivity contribution in [2.75, 3.05) is 21.3 Å². The van der Waals surface area contributed by atoms with Crippen LogP contribution in [0.1, 0.15) is 5.56 Å². The molecule has 1 aromatic rings. The van der Waals surface area contributed by atoms with Crippen LogP contribution in [0.25, 0.3) is 0 Å². The molecule has 0 atom stereocenters. The van der Waals surface area contributed by atoms with E-state index in [1.807, 2.05) is 6.07 Å². The highest BCUT2D eigenvalue weighted by molar-refractivity contribution is 5.79. The Balaban J connectivity index is 3.17. The Morgan fingerprint density at radius 3 is 2.00 bits per heavy atom. The van der Waals surface area contributed by atoms with Crippen LogP contribution in [0.5, 0.6) is 0 Å². The van der Waals surface area contributed by atoms with Gasteiger partial charge in [-0.05, 0) is 0 Å². The molecule has 82 valence electrons. The fourth-order valence-corrected chi connectivity index (χ4v) is 1.40. The number of ether oxygens (including phenoxy) is 3. The van der Waals surface area contributed by atoms with Crippen molar-refractivity contribution in [3.8, 4) is 0 Å². The summed E-state index contributed by atoms with van der Waals surface area (Å²) in [4.78, 5) is 11.6. The zero-order valence-electron chi connectivity index (χ0n) is 9.02. The molecule has 4 heteroatoms. The second-order valence-corrected chi connectivity index (χ2v) is 2.88. The van der Waals surface area contributed by atoms with E-state index in [0.717, 1.165) is 0 Å². The van der Waals surface area contributed by atoms with E-state index in [2.05, 4.69) is 4.74 Å². The summed E-state index contributed by atoms with van der Waals surface area (Å²) in [6.45, 7) is 0. The number of benzene rings is 1. The van der Waals surface area contributed by atoms with Gasteiger partial charge < -0.3 is 14.2 Å². The Hall–Kier alpha value is -1.39. The first-order valence-corrected chi connectivity index (χ1v) is 4.45. The van der Waals surface area contributed by atoms with Gasteiger partial charge in [-0.25, -0.2) is 4.79 Å². The van der Waals surface area contributed by atoms with Gasteiger partial charge in [0.1, 0.15) is 0 Å². The zero-order chi connectivity index (χ0) is 11.3. The van der Waals surface area contributed by atoms with Crippen LogP contribution in [0.4, 0.5) is 0 Å². The highest BCUT2D eigenvalue weighted by atomic mass is 16.7. The first kappa shape index (κ1) is 11.7. The largest absolute Gasteiger partial charge is 0.465 e. The molecule has 1 rings (SSSR count). The van der Waals surface area contributed by atoms with E-state index >= 15 is 0 Å². The molecule has 0 aliphatic heterocycles. The van der Waals surface area contributed by atoms with E-state index in [1.165, 1.54) is 21.3 Å². The predicted molar refractivity (Wildman–Crippen MR) is 54.2 cm³/mol. The summed E-state index contributed by atoms with van der Waals surface area (Å²) in [6, 6.07) is 8.92. The van der Waals surface area contributed by atoms with E-state index in [-0.39, 0.29) is 0 Å². The molecule has 0 unspecified atom stereocenters. The van der Waals surface area contributed by atoms with Gasteiger partial charge in [-0.15, -0.1) is 0 Å². The van der Waals surface area contributed by atoms with Crippen molar-refractivity contribution >= 4 is 5.97 Å². The monoisotopic (exact) mass is 210 g/mol. The Kier molecular flexibility index (Phi) is 3.82. The lowest BCUT2D eigenvalue weighted by molar-refractivity contribution is -0.233. The lowest BCUT2D eigenvalue weighted by Gasteiger charge is -2.27. The van der Waals surface area contributed by atoms with Crippen LogP contribution in [0.15, 0.2) is 30.3 Å². The number of rotatable bonds is 4. The average Bonchev–Trinajstić information content (AvgIpc) is 2.32. The topological polar surface area (TPSA) is 44.8 Å². The van der Waals surface area contributed by atoms with Crippen molar-refractivity contribution in [3.05, 3.63) is 35.9 Å². The van der Waals surface area contributed by atoms with Gasteiger partial charge in [-0.3, -0.25) is 0 Å². The van der Waals surface area contributed by atoms with Crippen LogP contribution in [-0.4, -0.2) is 27.3 Å². The number of methoxy groups -OCH3 is 3. The Labute approximate surface area is 88.8 Å². The molecule has 0 fully saturated rings. The average molecular weight is 210 g/mol. The third-order valence-electron chi connectivity index (χ3n) is 2.18. The highest BCUT2D eigenvalue weighted by Crippen LogP contribution is 2.27. The van der Waals surface area contributed by atoms with Crippen LogP contribution >= 0.6 is 0 Å². The van der Waals surface area contributed by atoms with Crippen LogP contribution in [0, 0.1) is 0 Å². The van der Waals surface area contributed by atoms with Crippen molar-refractivity contribution < 1.29 is 19.0 Å². The van der Waals surface area contributed by atoms with E-state index in [1.54, 1.807) is 24.3 Å². The van der Waals surface area contributed by atoms with Gasteiger partial charge in [0, 0.05) is 19.8 Å². The Morgan fingerprint density at radius 1 is 1.07 bits per heavy atom. The van der Waals surface area contributed by atoms with Crippen molar-refractivity contribution in [3.63, 3.8) is 0 Å². The highest BCUT2D eigenvalue weighted by Gasteiger charge is 2.42. The number of hydrogen-bond donors (Lipinski definition) is 0. The van der Waals surface area contributed by atoms with Gasteiger partial charge in [-0.2, -0.15) is 0 Å². The van der Waals surface area contributed by atoms with Crippen molar-refractivity contribution in [2.24, 2.45) is 0 Å². The smallest absolute Gasteiger partial charge is 0.371 e. The van der Waals surface area contributed by atoms with Crippen molar-refractivity contribution in [1.82, 2.24) is 0 Å². The molecule has 0 aromatic heterocycles. The standard InChI is InChI=1S/C11H14O4/c1-13-10(12)11(14-2,15-3)9-7-5-4-6-8-9/h4-8H,1-3H3. The minimum Gasteiger partial charge on any atom is -0.465 e. The maximum absolute atomic E-state index is 11.6. The maximum Gasteiger partial charge on any atom is 0.371 e. The summed E-state index contributed by atoms with van der Waals surface area (Å²) in [5.41, 5.74) is 0.599. The quantitative estimate of drug-likeness (QED) is 0.555. The molecule has 0 amide bonds.